The van der Waals surface area contributed by atoms with Gasteiger partial charge in [-0.2, -0.15) is 0 Å². The molecule has 1 N–H and O–H groups in total. The predicted molar refractivity (Wildman–Crippen MR) is 82.9 cm³/mol. The van der Waals surface area contributed by atoms with Crippen molar-refractivity contribution in [1.29, 1.82) is 0 Å². The van der Waals surface area contributed by atoms with Crippen LogP contribution in [-0.4, -0.2) is 11.2 Å². The average molecular weight is 274 g/mol. The zero-order valence-electron chi connectivity index (χ0n) is 11.7. The molecule has 0 spiro atoms. The Hall–Kier alpha value is -1.12. The minimum atomic E-state index is -0.232. The molecule has 0 radical (unpaired) electrons. The molecular weight excluding hydrogens is 252 g/mol. The third-order valence-electron chi connectivity index (χ3n) is 3.39. The Balaban J connectivity index is 1.81. The molecule has 102 valence electrons. The Morgan fingerprint density at radius 2 is 1.74 bits per heavy atom. The quantitative estimate of drug-likeness (QED) is 0.839. The Kier molecular flexibility index (Phi) is 5.17. The van der Waals surface area contributed by atoms with Crippen molar-refractivity contribution in [2.75, 3.05) is 0 Å². The fourth-order valence-corrected chi connectivity index (χ4v) is 3.17. The van der Waals surface area contributed by atoms with Crippen LogP contribution in [0.3, 0.4) is 0 Å². The van der Waals surface area contributed by atoms with Crippen molar-refractivity contribution in [2.45, 2.75) is 45.6 Å². The molecule has 0 saturated heterocycles. The van der Waals surface area contributed by atoms with Gasteiger partial charge in [0.2, 0.25) is 0 Å². The predicted octanol–water partition coefficient (Wildman–Crippen LogP) is 4.16. The molecule has 0 aliphatic rings. The summed E-state index contributed by atoms with van der Waals surface area (Å²) in [6.45, 7) is 4.27. The number of thiophene rings is 1. The fraction of sp³-hybridized carbons (Fsp3) is 0.412. The van der Waals surface area contributed by atoms with Crippen LogP contribution in [0.15, 0.2) is 36.4 Å². The van der Waals surface area contributed by atoms with Crippen LogP contribution < -0.4 is 0 Å². The van der Waals surface area contributed by atoms with Crippen LogP contribution >= 0.6 is 11.3 Å². The molecule has 0 saturated carbocycles. The van der Waals surface area contributed by atoms with E-state index in [1.807, 2.05) is 11.3 Å². The van der Waals surface area contributed by atoms with Crippen molar-refractivity contribution in [3.8, 4) is 0 Å². The SMILES string of the molecule is CCc1ccc(CC(O)CCc2ccc(C)cc2)s1. The van der Waals surface area contributed by atoms with Crippen LogP contribution in [0.2, 0.25) is 0 Å². The van der Waals surface area contributed by atoms with Gasteiger partial charge in [0.15, 0.2) is 0 Å². The lowest BCUT2D eigenvalue weighted by molar-refractivity contribution is 0.166. The summed E-state index contributed by atoms with van der Waals surface area (Å²) >= 11 is 1.82. The zero-order valence-corrected chi connectivity index (χ0v) is 12.5. The number of rotatable bonds is 6. The number of aliphatic hydroxyl groups is 1. The van der Waals surface area contributed by atoms with Crippen LogP contribution in [0.1, 0.15) is 34.2 Å². The van der Waals surface area contributed by atoms with Gasteiger partial charge in [0.25, 0.3) is 0 Å². The van der Waals surface area contributed by atoms with E-state index in [4.69, 9.17) is 0 Å². The number of aliphatic hydroxyl groups excluding tert-OH is 1. The third kappa shape index (κ3) is 4.48. The zero-order chi connectivity index (χ0) is 13.7. The number of hydrogen-bond acceptors (Lipinski definition) is 2. The molecule has 19 heavy (non-hydrogen) atoms. The van der Waals surface area contributed by atoms with Gasteiger partial charge in [-0.25, -0.2) is 0 Å². The maximum atomic E-state index is 10.1. The van der Waals surface area contributed by atoms with Gasteiger partial charge in [-0.05, 0) is 43.9 Å². The fourth-order valence-electron chi connectivity index (χ4n) is 2.14. The topological polar surface area (TPSA) is 20.2 Å². The molecule has 0 amide bonds. The van der Waals surface area contributed by atoms with E-state index in [0.717, 1.165) is 25.7 Å². The van der Waals surface area contributed by atoms with Crippen LogP contribution in [0, 0.1) is 6.92 Å². The highest BCUT2D eigenvalue weighted by atomic mass is 32.1. The molecule has 1 atom stereocenters. The van der Waals surface area contributed by atoms with Crippen molar-refractivity contribution >= 4 is 11.3 Å². The van der Waals surface area contributed by atoms with Crippen LogP contribution in [0.4, 0.5) is 0 Å². The van der Waals surface area contributed by atoms with E-state index in [1.165, 1.54) is 20.9 Å². The summed E-state index contributed by atoms with van der Waals surface area (Å²) in [5, 5.41) is 10.1. The summed E-state index contributed by atoms with van der Waals surface area (Å²) < 4.78 is 0. The second-order valence-electron chi connectivity index (χ2n) is 5.10. The molecule has 0 aliphatic carbocycles. The number of hydrogen-bond donors (Lipinski definition) is 1. The molecule has 2 rings (SSSR count). The minimum Gasteiger partial charge on any atom is -0.393 e. The van der Waals surface area contributed by atoms with E-state index in [0.29, 0.717) is 0 Å². The van der Waals surface area contributed by atoms with Crippen molar-refractivity contribution in [1.82, 2.24) is 0 Å². The lowest BCUT2D eigenvalue weighted by Gasteiger charge is -2.09. The molecule has 1 unspecified atom stereocenters. The molecule has 2 heteroatoms. The molecule has 1 nitrogen and oxygen atoms in total. The van der Waals surface area contributed by atoms with Crippen LogP contribution in [-0.2, 0) is 19.3 Å². The molecule has 1 aromatic heterocycles. The lowest BCUT2D eigenvalue weighted by atomic mass is 10.0. The summed E-state index contributed by atoms with van der Waals surface area (Å²) in [6, 6.07) is 12.9. The Morgan fingerprint density at radius 1 is 1.05 bits per heavy atom. The average Bonchev–Trinajstić information content (AvgIpc) is 2.86. The molecule has 1 aromatic carbocycles. The monoisotopic (exact) mass is 274 g/mol. The largest absolute Gasteiger partial charge is 0.393 e. The Morgan fingerprint density at radius 3 is 2.37 bits per heavy atom. The molecule has 1 heterocycles. The summed E-state index contributed by atoms with van der Waals surface area (Å²) in [5.74, 6) is 0. The smallest absolute Gasteiger partial charge is 0.0591 e. The summed E-state index contributed by atoms with van der Waals surface area (Å²) in [7, 11) is 0. The van der Waals surface area contributed by atoms with Gasteiger partial charge in [0, 0.05) is 16.2 Å². The van der Waals surface area contributed by atoms with Crippen molar-refractivity contribution in [3.05, 3.63) is 57.3 Å². The second-order valence-corrected chi connectivity index (χ2v) is 6.36. The van der Waals surface area contributed by atoms with E-state index in [1.54, 1.807) is 0 Å². The molecule has 0 fully saturated rings. The third-order valence-corrected chi connectivity index (χ3v) is 4.64. The van der Waals surface area contributed by atoms with Gasteiger partial charge in [-0.1, -0.05) is 36.8 Å². The lowest BCUT2D eigenvalue weighted by Crippen LogP contribution is -2.10. The van der Waals surface area contributed by atoms with Crippen LogP contribution in [0.25, 0.3) is 0 Å². The first-order chi connectivity index (χ1) is 9.17. The molecule has 0 bridgehead atoms. The maximum absolute atomic E-state index is 10.1. The Labute approximate surface area is 119 Å². The molecule has 2 aromatic rings. The Bertz CT molecular complexity index is 498. The van der Waals surface area contributed by atoms with Gasteiger partial charge in [0.05, 0.1) is 6.10 Å². The highest BCUT2D eigenvalue weighted by Gasteiger charge is 2.08. The molecule has 0 aliphatic heterocycles. The normalized spacial score (nSPS) is 12.6. The number of benzene rings is 1. The van der Waals surface area contributed by atoms with Gasteiger partial charge in [0.1, 0.15) is 0 Å². The van der Waals surface area contributed by atoms with Crippen molar-refractivity contribution in [2.24, 2.45) is 0 Å². The van der Waals surface area contributed by atoms with E-state index in [-0.39, 0.29) is 6.10 Å². The standard InChI is InChI=1S/C17H22OS/c1-3-16-10-11-17(19-16)12-15(18)9-8-14-6-4-13(2)5-7-14/h4-7,10-11,15,18H,3,8-9,12H2,1-2H3. The van der Waals surface area contributed by atoms with Crippen LogP contribution in [0.5, 0.6) is 0 Å². The van der Waals surface area contributed by atoms with Crippen molar-refractivity contribution in [3.63, 3.8) is 0 Å². The second kappa shape index (κ2) is 6.88. The van der Waals surface area contributed by atoms with Crippen molar-refractivity contribution < 1.29 is 5.11 Å². The summed E-state index contributed by atoms with van der Waals surface area (Å²) in [4.78, 5) is 2.70. The van der Waals surface area contributed by atoms with Gasteiger partial charge >= 0.3 is 0 Å². The van der Waals surface area contributed by atoms with Gasteiger partial charge < -0.3 is 5.11 Å². The first-order valence-electron chi connectivity index (χ1n) is 6.98. The minimum absolute atomic E-state index is 0.232. The summed E-state index contributed by atoms with van der Waals surface area (Å²) in [6.07, 6.45) is 3.43. The van der Waals surface area contributed by atoms with Gasteiger partial charge in [-0.3, -0.25) is 0 Å². The molecular formula is C17H22OS. The number of aryl methyl sites for hydroxylation is 3. The first kappa shape index (κ1) is 14.3. The van der Waals surface area contributed by atoms with Gasteiger partial charge in [-0.15, -0.1) is 11.3 Å². The highest BCUT2D eigenvalue weighted by molar-refractivity contribution is 7.11. The van der Waals surface area contributed by atoms with E-state index in [2.05, 4.69) is 50.2 Å². The maximum Gasteiger partial charge on any atom is 0.0591 e. The highest BCUT2D eigenvalue weighted by Crippen LogP contribution is 2.19. The first-order valence-corrected chi connectivity index (χ1v) is 7.80. The van der Waals surface area contributed by atoms with E-state index in [9.17, 15) is 5.11 Å². The van der Waals surface area contributed by atoms with E-state index >= 15 is 0 Å². The summed E-state index contributed by atoms with van der Waals surface area (Å²) in [5.41, 5.74) is 2.60. The van der Waals surface area contributed by atoms with E-state index < -0.39 is 0 Å².